The van der Waals surface area contributed by atoms with Gasteiger partial charge in [0.25, 0.3) is 0 Å². The van der Waals surface area contributed by atoms with Crippen molar-refractivity contribution in [2.75, 3.05) is 4.90 Å². The van der Waals surface area contributed by atoms with Crippen LogP contribution in [0.25, 0.3) is 76.5 Å². The van der Waals surface area contributed by atoms with Crippen molar-refractivity contribution in [2.45, 2.75) is 0 Å². The second kappa shape index (κ2) is 8.72. The molecule has 44 heavy (non-hydrogen) atoms. The van der Waals surface area contributed by atoms with Crippen LogP contribution in [0, 0.1) is 0 Å². The Bertz CT molecular complexity index is 2750. The fourth-order valence-corrected chi connectivity index (χ4v) is 6.63. The van der Waals surface area contributed by atoms with Crippen LogP contribution in [-0.4, -0.2) is 4.98 Å². The predicted octanol–water partition coefficient (Wildman–Crippen LogP) is 11.4. The number of rotatable bonds is 3. The molecule has 0 aliphatic heterocycles. The highest BCUT2D eigenvalue weighted by molar-refractivity contribution is 6.15. The average Bonchev–Trinajstić information content (AvgIpc) is 3.77. The lowest BCUT2D eigenvalue weighted by Gasteiger charge is -2.21. The molecule has 5 heteroatoms. The summed E-state index contributed by atoms with van der Waals surface area (Å²) in [4.78, 5) is 7.11. The predicted molar refractivity (Wildman–Crippen MR) is 178 cm³/mol. The third-order valence-electron chi connectivity index (χ3n) is 8.70. The number of fused-ring (bicyclic) bond motifs is 11. The van der Waals surface area contributed by atoms with Gasteiger partial charge in [-0.05, 0) is 70.8 Å². The Morgan fingerprint density at radius 2 is 1.02 bits per heavy atom. The normalized spacial score (nSPS) is 12.1. The summed E-state index contributed by atoms with van der Waals surface area (Å²) in [6.07, 6.45) is 0. The number of nitrogens with zero attached hydrogens (tertiary/aromatic N) is 2. The molecule has 0 amide bonds. The first-order valence-electron chi connectivity index (χ1n) is 14.6. The van der Waals surface area contributed by atoms with E-state index in [9.17, 15) is 0 Å². The molecule has 3 heterocycles. The smallest absolute Gasteiger partial charge is 0.307 e. The minimum Gasteiger partial charge on any atom is -0.456 e. The van der Waals surface area contributed by atoms with E-state index in [-0.39, 0.29) is 0 Å². The number of furan rings is 2. The van der Waals surface area contributed by atoms with Crippen molar-refractivity contribution in [2.24, 2.45) is 0 Å². The van der Waals surface area contributed by atoms with Crippen LogP contribution in [0.1, 0.15) is 0 Å². The molecule has 10 rings (SSSR count). The molecule has 0 unspecified atom stereocenters. The summed E-state index contributed by atoms with van der Waals surface area (Å²) in [6, 6.07) is 46.1. The Kier molecular flexibility index (Phi) is 4.66. The number of anilines is 3. The van der Waals surface area contributed by atoms with Gasteiger partial charge in [-0.15, -0.1) is 0 Å². The van der Waals surface area contributed by atoms with E-state index in [1.165, 1.54) is 10.8 Å². The summed E-state index contributed by atoms with van der Waals surface area (Å²) in [6.45, 7) is 0. The van der Waals surface area contributed by atoms with Gasteiger partial charge in [0, 0.05) is 33.0 Å². The maximum atomic E-state index is 6.71. The number of aromatic nitrogens is 1. The molecule has 0 spiro atoms. The fraction of sp³-hybridized carbons (Fsp3) is 0. The molecule has 0 aliphatic carbocycles. The number of para-hydroxylation sites is 2. The Balaban J connectivity index is 1.23. The van der Waals surface area contributed by atoms with Gasteiger partial charge < -0.3 is 13.3 Å². The van der Waals surface area contributed by atoms with Gasteiger partial charge in [-0.1, -0.05) is 72.8 Å². The molecule has 3 aromatic heterocycles. The van der Waals surface area contributed by atoms with Gasteiger partial charge in [-0.2, -0.15) is 4.98 Å². The summed E-state index contributed by atoms with van der Waals surface area (Å²) in [5, 5.41) is 8.80. The molecule has 10 aromatic rings. The molecule has 0 saturated heterocycles. The Labute approximate surface area is 250 Å². The summed E-state index contributed by atoms with van der Waals surface area (Å²) in [7, 11) is 0. The summed E-state index contributed by atoms with van der Waals surface area (Å²) >= 11 is 0. The number of benzene rings is 7. The van der Waals surface area contributed by atoms with E-state index in [0.29, 0.717) is 6.01 Å². The second-order valence-corrected chi connectivity index (χ2v) is 11.2. The topological polar surface area (TPSA) is 55.6 Å². The summed E-state index contributed by atoms with van der Waals surface area (Å²) in [5.41, 5.74) is 6.69. The molecule has 206 valence electrons. The lowest BCUT2D eigenvalue weighted by Crippen LogP contribution is -2.10. The van der Waals surface area contributed by atoms with Gasteiger partial charge in [0.2, 0.25) is 0 Å². The number of oxazole rings is 1. The SMILES string of the molecule is c1ccc2c(c1)ccc1c2ccc2nc(N(c3ccc4c(c3)oc3ccccc34)c3ccc4oc5ccccc5c4c3)oc21. The van der Waals surface area contributed by atoms with E-state index >= 15 is 0 Å². The zero-order chi connectivity index (χ0) is 28.8. The van der Waals surface area contributed by atoms with E-state index in [1.54, 1.807) is 0 Å². The maximum Gasteiger partial charge on any atom is 0.307 e. The van der Waals surface area contributed by atoms with Crippen molar-refractivity contribution in [3.8, 4) is 0 Å². The molecule has 0 radical (unpaired) electrons. The third kappa shape index (κ3) is 3.32. The lowest BCUT2D eigenvalue weighted by molar-refractivity contribution is 0.611. The molecule has 5 nitrogen and oxygen atoms in total. The van der Waals surface area contributed by atoms with Crippen molar-refractivity contribution >= 4 is 93.9 Å². The Morgan fingerprint density at radius 1 is 0.409 bits per heavy atom. The van der Waals surface area contributed by atoms with Crippen LogP contribution in [0.4, 0.5) is 17.4 Å². The minimum absolute atomic E-state index is 0.475. The number of hydrogen-bond donors (Lipinski definition) is 0. The zero-order valence-corrected chi connectivity index (χ0v) is 23.3. The highest BCUT2D eigenvalue weighted by atomic mass is 16.4. The maximum absolute atomic E-state index is 6.71. The quantitative estimate of drug-likeness (QED) is 0.199. The van der Waals surface area contributed by atoms with Gasteiger partial charge in [0.05, 0.1) is 11.4 Å². The van der Waals surface area contributed by atoms with Gasteiger partial charge in [0.15, 0.2) is 5.58 Å². The summed E-state index contributed by atoms with van der Waals surface area (Å²) < 4.78 is 19.2. The largest absolute Gasteiger partial charge is 0.456 e. The molecule has 0 N–H and O–H groups in total. The van der Waals surface area contributed by atoms with Crippen LogP contribution in [0.5, 0.6) is 0 Å². The molecule has 0 bridgehead atoms. The van der Waals surface area contributed by atoms with Crippen LogP contribution in [-0.2, 0) is 0 Å². The Morgan fingerprint density at radius 3 is 1.89 bits per heavy atom. The van der Waals surface area contributed by atoms with Crippen LogP contribution in [0.15, 0.2) is 147 Å². The van der Waals surface area contributed by atoms with Crippen molar-refractivity contribution < 1.29 is 13.3 Å². The molecule has 0 aliphatic rings. The van der Waals surface area contributed by atoms with Gasteiger partial charge in [-0.3, -0.25) is 4.90 Å². The minimum atomic E-state index is 0.475. The van der Waals surface area contributed by atoms with E-state index in [4.69, 9.17) is 18.2 Å². The highest BCUT2D eigenvalue weighted by Crippen LogP contribution is 2.42. The summed E-state index contributed by atoms with van der Waals surface area (Å²) in [5.74, 6) is 0. The zero-order valence-electron chi connectivity index (χ0n) is 23.3. The second-order valence-electron chi connectivity index (χ2n) is 11.2. The molecular formula is C39H22N2O3. The van der Waals surface area contributed by atoms with Crippen molar-refractivity contribution in [3.05, 3.63) is 133 Å². The molecule has 0 atom stereocenters. The van der Waals surface area contributed by atoms with E-state index in [0.717, 1.165) is 77.1 Å². The monoisotopic (exact) mass is 566 g/mol. The van der Waals surface area contributed by atoms with Crippen LogP contribution in [0.3, 0.4) is 0 Å². The third-order valence-corrected chi connectivity index (χ3v) is 8.70. The van der Waals surface area contributed by atoms with E-state index < -0.39 is 0 Å². The van der Waals surface area contributed by atoms with Gasteiger partial charge in [0.1, 0.15) is 27.8 Å². The molecular weight excluding hydrogens is 544 g/mol. The highest BCUT2D eigenvalue weighted by Gasteiger charge is 2.22. The van der Waals surface area contributed by atoms with E-state index in [2.05, 4.69) is 83.8 Å². The van der Waals surface area contributed by atoms with Crippen LogP contribution in [0.2, 0.25) is 0 Å². The van der Waals surface area contributed by atoms with Crippen molar-refractivity contribution in [3.63, 3.8) is 0 Å². The van der Waals surface area contributed by atoms with Crippen molar-refractivity contribution in [1.82, 2.24) is 4.98 Å². The molecule has 7 aromatic carbocycles. The first-order chi connectivity index (χ1) is 21.8. The molecule has 0 fully saturated rings. The van der Waals surface area contributed by atoms with Crippen molar-refractivity contribution in [1.29, 1.82) is 0 Å². The fourth-order valence-electron chi connectivity index (χ4n) is 6.63. The first-order valence-corrected chi connectivity index (χ1v) is 14.6. The average molecular weight is 567 g/mol. The number of hydrogen-bond acceptors (Lipinski definition) is 5. The van der Waals surface area contributed by atoms with E-state index in [1.807, 2.05) is 54.6 Å². The van der Waals surface area contributed by atoms with Gasteiger partial charge in [-0.25, -0.2) is 0 Å². The first kappa shape index (κ1) is 23.5. The van der Waals surface area contributed by atoms with Crippen LogP contribution >= 0.6 is 0 Å². The van der Waals surface area contributed by atoms with Gasteiger partial charge >= 0.3 is 6.01 Å². The standard InChI is InChI=1S/C39H22N2O3/c1-2-8-26-23(7-1)13-16-31-27(26)18-19-33-38(31)44-39(40-33)41(24-15-20-36-32(21-24)29-10-4-6-12-35(29)42-36)25-14-17-30-28-9-3-5-11-34(28)43-37(30)22-25/h1-22H. The molecule has 0 saturated carbocycles. The Hall–Kier alpha value is -6.07. The van der Waals surface area contributed by atoms with Crippen LogP contribution < -0.4 is 4.90 Å². The lowest BCUT2D eigenvalue weighted by atomic mass is 10.0.